The van der Waals surface area contributed by atoms with Gasteiger partial charge in [0.25, 0.3) is 0 Å². The lowest BCUT2D eigenvalue weighted by molar-refractivity contribution is -0.136. The Morgan fingerprint density at radius 1 is 1.25 bits per heavy atom. The van der Waals surface area contributed by atoms with Gasteiger partial charge < -0.3 is 9.47 Å². The molecule has 6 rings (SSSR count). The van der Waals surface area contributed by atoms with Crippen molar-refractivity contribution in [2.45, 2.75) is 45.6 Å². The lowest BCUT2D eigenvalue weighted by atomic mass is 9.65. The molecule has 148 valence electrons. The first-order chi connectivity index (χ1) is 13.5. The van der Waals surface area contributed by atoms with E-state index in [1.165, 1.54) is 7.11 Å². The van der Waals surface area contributed by atoms with Gasteiger partial charge in [0.1, 0.15) is 5.76 Å². The fraction of sp³-hybridized carbons (Fsp3) is 0.652. The molecule has 0 spiro atoms. The molecule has 3 heterocycles. The summed E-state index contributed by atoms with van der Waals surface area (Å²) in [6, 6.07) is 0.377. The summed E-state index contributed by atoms with van der Waals surface area (Å²) < 4.78 is 11.3. The van der Waals surface area contributed by atoms with Crippen LogP contribution in [-0.4, -0.2) is 49.5 Å². The van der Waals surface area contributed by atoms with Gasteiger partial charge in [-0.2, -0.15) is 0 Å². The molecule has 0 aromatic carbocycles. The molecule has 2 saturated heterocycles. The SMILES string of the molecule is COC(=O)C1=C2CCOC3=C2C2=C1C(=O)[C@@H]1CC4N(C[C@@H](CC3)[C@@]24C)C[C@H]1C. The van der Waals surface area contributed by atoms with Crippen LogP contribution in [0.15, 0.2) is 33.6 Å². The van der Waals surface area contributed by atoms with Gasteiger partial charge in [-0.25, -0.2) is 4.79 Å². The van der Waals surface area contributed by atoms with Crippen LogP contribution in [0.2, 0.25) is 0 Å². The maximum absolute atomic E-state index is 13.9. The molecule has 0 aromatic heterocycles. The Bertz CT molecular complexity index is 925. The first-order valence-electron chi connectivity index (χ1n) is 10.7. The lowest BCUT2D eigenvalue weighted by Gasteiger charge is -2.43. The van der Waals surface area contributed by atoms with E-state index in [-0.39, 0.29) is 23.1 Å². The minimum absolute atomic E-state index is 0.00312. The molecule has 2 bridgehead atoms. The molecule has 5 atom stereocenters. The van der Waals surface area contributed by atoms with Gasteiger partial charge in [0, 0.05) is 54.5 Å². The molecule has 28 heavy (non-hydrogen) atoms. The molecule has 3 aliphatic heterocycles. The quantitative estimate of drug-likeness (QED) is 0.654. The Hall–Kier alpha value is -1.88. The van der Waals surface area contributed by atoms with Crippen molar-refractivity contribution >= 4 is 11.8 Å². The van der Waals surface area contributed by atoms with Gasteiger partial charge in [0.05, 0.1) is 19.3 Å². The highest BCUT2D eigenvalue weighted by Gasteiger charge is 2.63. The van der Waals surface area contributed by atoms with Crippen molar-refractivity contribution in [1.82, 2.24) is 4.90 Å². The number of allylic oxidation sites excluding steroid dienone is 2. The van der Waals surface area contributed by atoms with Crippen molar-refractivity contribution in [3.63, 3.8) is 0 Å². The van der Waals surface area contributed by atoms with E-state index in [4.69, 9.17) is 9.47 Å². The highest BCUT2D eigenvalue weighted by Crippen LogP contribution is 2.64. The third-order valence-corrected chi connectivity index (χ3v) is 8.61. The summed E-state index contributed by atoms with van der Waals surface area (Å²) in [4.78, 5) is 29.5. The van der Waals surface area contributed by atoms with E-state index in [2.05, 4.69) is 18.7 Å². The first kappa shape index (κ1) is 17.0. The third kappa shape index (κ3) is 1.78. The fourth-order valence-electron chi connectivity index (χ4n) is 7.33. The smallest absolute Gasteiger partial charge is 0.338 e. The van der Waals surface area contributed by atoms with Crippen LogP contribution in [0.4, 0.5) is 0 Å². The number of nitrogens with zero attached hydrogens (tertiary/aromatic N) is 1. The minimum Gasteiger partial charge on any atom is -0.497 e. The van der Waals surface area contributed by atoms with Crippen LogP contribution in [0.5, 0.6) is 0 Å². The number of carbonyl (C=O) groups is 2. The molecule has 0 N–H and O–H groups in total. The number of carbonyl (C=O) groups excluding carboxylic acids is 2. The second kappa shape index (κ2) is 5.38. The predicted octanol–water partition coefficient (Wildman–Crippen LogP) is 2.78. The Morgan fingerprint density at radius 3 is 2.86 bits per heavy atom. The van der Waals surface area contributed by atoms with Gasteiger partial charge in [-0.1, -0.05) is 13.8 Å². The number of piperidine rings is 1. The standard InChI is InChI=1S/C23H27NO4/c1-11-9-24-10-12-4-5-15-17-13(6-7-28-15)18(22(26)27-3)19-20(17)23(12,2)16(24)8-14(11)21(19)25/h11-12,14,16H,4-10H2,1-3H3/t11-,12-,14-,16?,23-/m1/s1. The third-order valence-electron chi connectivity index (χ3n) is 8.61. The zero-order chi connectivity index (χ0) is 19.4. The summed E-state index contributed by atoms with van der Waals surface area (Å²) in [6.07, 6.45) is 3.58. The minimum atomic E-state index is -0.355. The maximum Gasteiger partial charge on any atom is 0.338 e. The number of ketones is 1. The highest BCUT2D eigenvalue weighted by atomic mass is 16.5. The number of esters is 1. The van der Waals surface area contributed by atoms with Gasteiger partial charge in [0.15, 0.2) is 5.78 Å². The van der Waals surface area contributed by atoms with Crippen LogP contribution < -0.4 is 0 Å². The van der Waals surface area contributed by atoms with Crippen LogP contribution in [-0.2, 0) is 19.1 Å². The van der Waals surface area contributed by atoms with E-state index in [1.807, 2.05) is 0 Å². The number of hydrogen-bond donors (Lipinski definition) is 0. The van der Waals surface area contributed by atoms with Crippen molar-refractivity contribution in [3.05, 3.63) is 33.6 Å². The molecule has 5 nitrogen and oxygen atoms in total. The van der Waals surface area contributed by atoms with E-state index in [1.54, 1.807) is 0 Å². The van der Waals surface area contributed by atoms with Crippen LogP contribution in [0.25, 0.3) is 0 Å². The van der Waals surface area contributed by atoms with Crippen molar-refractivity contribution in [3.8, 4) is 0 Å². The first-order valence-corrected chi connectivity index (χ1v) is 10.7. The molecule has 6 aliphatic rings. The number of Topliss-reactive ketones (excluding diaryl/α,β-unsaturated/α-hetero) is 1. The van der Waals surface area contributed by atoms with Crippen molar-refractivity contribution in [1.29, 1.82) is 0 Å². The topological polar surface area (TPSA) is 55.8 Å². The largest absolute Gasteiger partial charge is 0.497 e. The maximum atomic E-state index is 13.9. The molecular formula is C23H27NO4. The molecule has 0 amide bonds. The Labute approximate surface area is 165 Å². The average Bonchev–Trinajstić information content (AvgIpc) is 3.11. The molecule has 1 unspecified atom stereocenters. The van der Waals surface area contributed by atoms with E-state index >= 15 is 0 Å². The molecule has 0 radical (unpaired) electrons. The van der Waals surface area contributed by atoms with E-state index in [0.717, 1.165) is 54.8 Å². The second-order valence-electron chi connectivity index (χ2n) is 9.66. The zero-order valence-electron chi connectivity index (χ0n) is 16.8. The number of ether oxygens (including phenoxy) is 2. The van der Waals surface area contributed by atoms with Crippen LogP contribution in [0, 0.1) is 23.2 Å². The van der Waals surface area contributed by atoms with Crippen molar-refractivity contribution in [2.75, 3.05) is 26.8 Å². The normalized spacial score (nSPS) is 41.2. The molecular weight excluding hydrogens is 354 g/mol. The molecule has 0 aromatic rings. The Morgan fingerprint density at radius 2 is 2.07 bits per heavy atom. The average molecular weight is 381 g/mol. The summed E-state index contributed by atoms with van der Waals surface area (Å²) in [5.74, 6) is 1.63. The van der Waals surface area contributed by atoms with Crippen LogP contribution in [0.3, 0.4) is 0 Å². The van der Waals surface area contributed by atoms with Gasteiger partial charge in [0.2, 0.25) is 0 Å². The summed E-state index contributed by atoms with van der Waals surface area (Å²) >= 11 is 0. The second-order valence-corrected chi connectivity index (χ2v) is 9.66. The summed E-state index contributed by atoms with van der Waals surface area (Å²) in [7, 11) is 1.42. The predicted molar refractivity (Wildman–Crippen MR) is 102 cm³/mol. The van der Waals surface area contributed by atoms with Gasteiger partial charge in [-0.3, -0.25) is 9.69 Å². The number of hydrogen-bond acceptors (Lipinski definition) is 5. The van der Waals surface area contributed by atoms with E-state index in [9.17, 15) is 9.59 Å². The van der Waals surface area contributed by atoms with E-state index < -0.39 is 0 Å². The molecule has 0 saturated carbocycles. The van der Waals surface area contributed by atoms with Gasteiger partial charge in [-0.05, 0) is 35.8 Å². The van der Waals surface area contributed by atoms with Crippen molar-refractivity contribution in [2.24, 2.45) is 23.2 Å². The molecule has 3 aliphatic carbocycles. The van der Waals surface area contributed by atoms with Crippen molar-refractivity contribution < 1.29 is 19.1 Å². The monoisotopic (exact) mass is 381 g/mol. The van der Waals surface area contributed by atoms with Gasteiger partial charge >= 0.3 is 5.97 Å². The molecule has 5 heteroatoms. The number of fused-ring (bicyclic) bond motifs is 1. The summed E-state index contributed by atoms with van der Waals surface area (Å²) in [5, 5.41) is 0. The van der Waals surface area contributed by atoms with Crippen LogP contribution in [0.1, 0.15) is 39.5 Å². The Kier molecular flexibility index (Phi) is 3.27. The van der Waals surface area contributed by atoms with Gasteiger partial charge in [-0.15, -0.1) is 0 Å². The summed E-state index contributed by atoms with van der Waals surface area (Å²) in [5.41, 5.74) is 4.39. The zero-order valence-corrected chi connectivity index (χ0v) is 16.8. The van der Waals surface area contributed by atoms with Crippen LogP contribution >= 0.6 is 0 Å². The highest BCUT2D eigenvalue weighted by molar-refractivity contribution is 6.15. The van der Waals surface area contributed by atoms with E-state index in [0.29, 0.717) is 42.1 Å². The fourth-order valence-corrected chi connectivity index (χ4v) is 7.33. The number of rotatable bonds is 1. The Balaban J connectivity index is 1.71. The summed E-state index contributed by atoms with van der Waals surface area (Å²) in [6.45, 7) is 7.23. The molecule has 2 fully saturated rings. The number of methoxy groups -OCH3 is 1. The lowest BCUT2D eigenvalue weighted by Crippen LogP contribution is -2.48.